The van der Waals surface area contributed by atoms with Crippen LogP contribution in [0.5, 0.6) is 5.88 Å². The molecule has 6 nitrogen and oxygen atoms in total. The van der Waals surface area contributed by atoms with Crippen molar-refractivity contribution in [3.63, 3.8) is 0 Å². The molecule has 0 saturated heterocycles. The summed E-state index contributed by atoms with van der Waals surface area (Å²) in [5.74, 6) is 0.714. The quantitative estimate of drug-likeness (QED) is 0.697. The number of hydrogen-bond acceptors (Lipinski definition) is 5. The van der Waals surface area contributed by atoms with Crippen molar-refractivity contribution in [3.05, 3.63) is 23.9 Å². The molecule has 2 fully saturated rings. The first-order valence-corrected chi connectivity index (χ1v) is 9.18. The summed E-state index contributed by atoms with van der Waals surface area (Å²) < 4.78 is 5.84. The van der Waals surface area contributed by atoms with Gasteiger partial charge in [-0.15, -0.1) is 12.4 Å². The number of aliphatic hydroxyl groups excluding tert-OH is 2. The van der Waals surface area contributed by atoms with Gasteiger partial charge in [0, 0.05) is 29.6 Å². The van der Waals surface area contributed by atoms with Crippen molar-refractivity contribution in [2.45, 2.75) is 57.7 Å². The fraction of sp³-hybridized carbons (Fsp3) is 0.684. The minimum absolute atomic E-state index is 0. The van der Waals surface area contributed by atoms with Crippen LogP contribution in [-0.4, -0.2) is 46.5 Å². The number of halogens is 1. The van der Waals surface area contributed by atoms with Crippen molar-refractivity contribution in [1.29, 1.82) is 0 Å². The highest BCUT2D eigenvalue weighted by molar-refractivity contribution is 5.85. The van der Waals surface area contributed by atoms with Crippen LogP contribution in [0.3, 0.4) is 0 Å². The van der Waals surface area contributed by atoms with Gasteiger partial charge in [-0.2, -0.15) is 0 Å². The van der Waals surface area contributed by atoms with E-state index in [1.165, 1.54) is 0 Å². The molecule has 146 valence electrons. The van der Waals surface area contributed by atoms with Crippen LogP contribution in [0.4, 0.5) is 0 Å². The summed E-state index contributed by atoms with van der Waals surface area (Å²) in [5.41, 5.74) is 0.394. The predicted molar refractivity (Wildman–Crippen MR) is 100 cm³/mol. The van der Waals surface area contributed by atoms with Gasteiger partial charge in [-0.05, 0) is 38.7 Å². The van der Waals surface area contributed by atoms with E-state index in [2.05, 4.69) is 10.3 Å². The smallest absolute Gasteiger partial charge is 0.223 e. The Hall–Kier alpha value is -1.37. The summed E-state index contributed by atoms with van der Waals surface area (Å²) in [6, 6.07) is 5.57. The van der Waals surface area contributed by atoms with Crippen molar-refractivity contribution < 1.29 is 19.7 Å². The van der Waals surface area contributed by atoms with Gasteiger partial charge < -0.3 is 20.3 Å². The van der Waals surface area contributed by atoms with Crippen LogP contribution < -0.4 is 10.1 Å². The van der Waals surface area contributed by atoms with E-state index in [1.807, 2.05) is 19.1 Å². The number of hydrogen-bond donors (Lipinski definition) is 3. The van der Waals surface area contributed by atoms with Crippen LogP contribution in [-0.2, 0) is 4.79 Å². The summed E-state index contributed by atoms with van der Waals surface area (Å²) >= 11 is 0. The van der Waals surface area contributed by atoms with Crippen LogP contribution in [0.2, 0.25) is 0 Å². The lowest BCUT2D eigenvalue weighted by Gasteiger charge is -2.29. The van der Waals surface area contributed by atoms with E-state index in [1.54, 1.807) is 6.07 Å². The molecule has 1 heterocycles. The van der Waals surface area contributed by atoms with Gasteiger partial charge in [0.1, 0.15) is 0 Å². The number of pyridine rings is 1. The highest BCUT2D eigenvalue weighted by Crippen LogP contribution is 2.39. The number of aromatic nitrogens is 1. The minimum Gasteiger partial charge on any atom is -0.477 e. The molecule has 1 amide bonds. The first kappa shape index (κ1) is 20.9. The Morgan fingerprint density at radius 3 is 2.54 bits per heavy atom. The molecule has 0 spiro atoms. The monoisotopic (exact) mass is 384 g/mol. The lowest BCUT2D eigenvalue weighted by atomic mass is 9.86. The molecule has 1 aromatic heterocycles. The van der Waals surface area contributed by atoms with Gasteiger partial charge >= 0.3 is 0 Å². The first-order valence-electron chi connectivity index (χ1n) is 9.18. The lowest BCUT2D eigenvalue weighted by Crippen LogP contribution is -2.42. The van der Waals surface area contributed by atoms with Crippen molar-refractivity contribution in [2.75, 3.05) is 13.2 Å². The summed E-state index contributed by atoms with van der Waals surface area (Å²) in [6.45, 7) is 2.61. The molecular formula is C19H29ClN2O4. The number of amides is 1. The maximum absolute atomic E-state index is 12.3. The summed E-state index contributed by atoms with van der Waals surface area (Å²) in [6.07, 6.45) is 3.39. The third kappa shape index (κ3) is 5.09. The number of carbonyl (C=O) groups is 1. The van der Waals surface area contributed by atoms with Crippen molar-refractivity contribution in [2.24, 2.45) is 11.3 Å². The van der Waals surface area contributed by atoms with Gasteiger partial charge in [0.15, 0.2) is 0 Å². The second kappa shape index (κ2) is 9.02. The molecule has 2 aliphatic carbocycles. The minimum atomic E-state index is -0.780. The highest BCUT2D eigenvalue weighted by Gasteiger charge is 2.45. The van der Waals surface area contributed by atoms with Crippen molar-refractivity contribution in [1.82, 2.24) is 10.3 Å². The van der Waals surface area contributed by atoms with Crippen LogP contribution in [0.25, 0.3) is 0 Å². The summed E-state index contributed by atoms with van der Waals surface area (Å²) in [5, 5.41) is 23.1. The van der Waals surface area contributed by atoms with Crippen LogP contribution in [0.15, 0.2) is 18.2 Å². The Labute approximate surface area is 160 Å². The van der Waals surface area contributed by atoms with Crippen LogP contribution in [0, 0.1) is 18.3 Å². The molecule has 2 saturated carbocycles. The van der Waals surface area contributed by atoms with E-state index < -0.39 is 17.6 Å². The lowest BCUT2D eigenvalue weighted by molar-refractivity contribution is -0.125. The maximum atomic E-state index is 12.3. The van der Waals surface area contributed by atoms with E-state index in [4.69, 9.17) is 4.74 Å². The molecule has 2 aliphatic rings. The number of aryl methyl sites for hydroxylation is 1. The molecule has 7 heteroatoms. The van der Waals surface area contributed by atoms with Crippen molar-refractivity contribution in [3.8, 4) is 5.88 Å². The third-order valence-corrected chi connectivity index (χ3v) is 5.48. The molecule has 26 heavy (non-hydrogen) atoms. The van der Waals surface area contributed by atoms with Gasteiger partial charge in [0.25, 0.3) is 0 Å². The SMILES string of the molecule is Cc1cccc(OCC2(CNC(=O)C3CCCC3)C[C@@H](O)[C@@H](O)C2)n1.Cl. The third-order valence-electron chi connectivity index (χ3n) is 5.48. The van der Waals surface area contributed by atoms with Crippen LogP contribution in [0.1, 0.15) is 44.2 Å². The van der Waals surface area contributed by atoms with E-state index >= 15 is 0 Å². The maximum Gasteiger partial charge on any atom is 0.223 e. The van der Waals surface area contributed by atoms with Crippen LogP contribution >= 0.6 is 12.4 Å². The zero-order valence-electron chi connectivity index (χ0n) is 15.2. The fourth-order valence-corrected chi connectivity index (χ4v) is 3.99. The molecule has 1 aromatic rings. The number of aliphatic hydroxyl groups is 2. The van der Waals surface area contributed by atoms with Gasteiger partial charge in [-0.3, -0.25) is 4.79 Å². The van der Waals surface area contributed by atoms with Gasteiger partial charge in [-0.1, -0.05) is 18.9 Å². The molecule has 0 bridgehead atoms. The molecule has 3 atom stereocenters. The van der Waals surface area contributed by atoms with Gasteiger partial charge in [0.05, 0.1) is 18.8 Å². The first-order chi connectivity index (χ1) is 12.0. The number of carbonyl (C=O) groups excluding carboxylic acids is 1. The summed E-state index contributed by atoms with van der Waals surface area (Å²) in [7, 11) is 0. The van der Waals surface area contributed by atoms with E-state index in [0.717, 1.165) is 31.4 Å². The Morgan fingerprint density at radius 2 is 1.92 bits per heavy atom. The normalized spacial score (nSPS) is 28.6. The number of nitrogens with one attached hydrogen (secondary N) is 1. The second-order valence-corrected chi connectivity index (χ2v) is 7.65. The molecule has 1 unspecified atom stereocenters. The van der Waals surface area contributed by atoms with E-state index in [9.17, 15) is 15.0 Å². The number of rotatable bonds is 6. The Balaban J connectivity index is 0.00000243. The molecule has 0 aromatic carbocycles. The predicted octanol–water partition coefficient (Wildman–Crippen LogP) is 2.00. The zero-order valence-corrected chi connectivity index (χ0v) is 16.0. The Bertz CT molecular complexity index is 597. The van der Waals surface area contributed by atoms with Gasteiger partial charge in [0.2, 0.25) is 11.8 Å². The Morgan fingerprint density at radius 1 is 1.27 bits per heavy atom. The highest BCUT2D eigenvalue weighted by atomic mass is 35.5. The molecule has 0 radical (unpaired) electrons. The average Bonchev–Trinajstić information content (AvgIpc) is 3.21. The van der Waals surface area contributed by atoms with Crippen molar-refractivity contribution >= 4 is 18.3 Å². The topological polar surface area (TPSA) is 91.7 Å². The Kier molecular flexibility index (Phi) is 7.26. The molecule has 3 rings (SSSR count). The average molecular weight is 385 g/mol. The molecular weight excluding hydrogens is 356 g/mol. The zero-order chi connectivity index (χ0) is 17.9. The number of nitrogens with zero attached hydrogens (tertiary/aromatic N) is 1. The largest absolute Gasteiger partial charge is 0.477 e. The van der Waals surface area contributed by atoms with E-state index in [-0.39, 0.29) is 24.2 Å². The van der Waals surface area contributed by atoms with Gasteiger partial charge in [-0.25, -0.2) is 4.98 Å². The molecule has 3 N–H and O–H groups in total. The number of ether oxygens (including phenoxy) is 1. The molecule has 0 aliphatic heterocycles. The van der Waals surface area contributed by atoms with E-state index in [0.29, 0.717) is 31.9 Å². The second-order valence-electron chi connectivity index (χ2n) is 7.65. The fourth-order valence-electron chi connectivity index (χ4n) is 3.99. The summed E-state index contributed by atoms with van der Waals surface area (Å²) in [4.78, 5) is 16.7. The standard InChI is InChI=1S/C19H28N2O4.ClH/c1-13-5-4-8-17(21-13)25-12-19(9-15(22)16(23)10-19)11-20-18(24)14-6-2-3-7-14;/h4-5,8,14-16,22-23H,2-3,6-7,9-12H2,1H3,(H,20,24);1H/t15-,16+,19?;.